The van der Waals surface area contributed by atoms with Gasteiger partial charge in [0, 0.05) is 32.4 Å². The number of hydrogen-bond acceptors (Lipinski definition) is 6. The number of para-hydroxylation sites is 2. The van der Waals surface area contributed by atoms with Gasteiger partial charge in [-0.1, -0.05) is 12.1 Å². The maximum absolute atomic E-state index is 13.2. The molecule has 8 nitrogen and oxygen atoms in total. The van der Waals surface area contributed by atoms with E-state index in [-0.39, 0.29) is 37.0 Å². The first kappa shape index (κ1) is 22.7. The topological polar surface area (TPSA) is 91.8 Å². The van der Waals surface area contributed by atoms with Gasteiger partial charge in [0.25, 0.3) is 5.91 Å². The molecule has 1 aliphatic heterocycles. The third kappa shape index (κ3) is 4.81. The van der Waals surface area contributed by atoms with E-state index in [0.717, 1.165) is 12.1 Å². The lowest BCUT2D eigenvalue weighted by Gasteiger charge is -2.34. The second kappa shape index (κ2) is 9.55. The van der Waals surface area contributed by atoms with Crippen molar-refractivity contribution < 1.29 is 22.3 Å². The van der Waals surface area contributed by atoms with Gasteiger partial charge in [0.2, 0.25) is 10.0 Å². The number of nitrogens with zero attached hydrogens (tertiary/aromatic N) is 3. The molecule has 2 aromatic carbocycles. The summed E-state index contributed by atoms with van der Waals surface area (Å²) in [6.45, 7) is 0.729. The zero-order chi connectivity index (χ0) is 23.4. The van der Waals surface area contributed by atoms with Crippen molar-refractivity contribution in [1.82, 2.24) is 14.2 Å². The number of amides is 1. The van der Waals surface area contributed by atoms with Gasteiger partial charge in [-0.05, 0) is 48.5 Å². The van der Waals surface area contributed by atoms with Gasteiger partial charge in [-0.15, -0.1) is 0 Å². The third-order valence-corrected chi connectivity index (χ3v) is 7.29. The average molecular weight is 471 g/mol. The quantitative estimate of drug-likeness (QED) is 0.595. The number of methoxy groups -OCH3 is 1. The summed E-state index contributed by atoms with van der Waals surface area (Å²) in [5.41, 5.74) is 1.04. The van der Waals surface area contributed by atoms with Crippen molar-refractivity contribution in [3.8, 4) is 5.75 Å². The Morgan fingerprint density at radius 3 is 2.39 bits per heavy atom. The summed E-state index contributed by atoms with van der Waals surface area (Å²) in [6.07, 6.45) is 1.59. The van der Waals surface area contributed by atoms with E-state index in [1.807, 2.05) is 18.2 Å². The van der Waals surface area contributed by atoms with Crippen LogP contribution < -0.4 is 10.1 Å². The molecule has 2 heterocycles. The molecule has 4 rings (SSSR count). The predicted molar refractivity (Wildman–Crippen MR) is 122 cm³/mol. The second-order valence-electron chi connectivity index (χ2n) is 7.38. The Bertz CT molecular complexity index is 1240. The van der Waals surface area contributed by atoms with Crippen molar-refractivity contribution in [3.05, 3.63) is 78.2 Å². The van der Waals surface area contributed by atoms with E-state index >= 15 is 0 Å². The van der Waals surface area contributed by atoms with Gasteiger partial charge in [-0.25, -0.2) is 17.8 Å². The highest BCUT2D eigenvalue weighted by atomic mass is 32.2. The number of nitrogens with one attached hydrogen (secondary N) is 1. The minimum absolute atomic E-state index is 0.0271. The highest BCUT2D eigenvalue weighted by molar-refractivity contribution is 7.89. The van der Waals surface area contributed by atoms with Crippen molar-refractivity contribution in [2.45, 2.75) is 4.90 Å². The molecule has 33 heavy (non-hydrogen) atoms. The number of anilines is 2. The normalized spacial score (nSPS) is 14.7. The van der Waals surface area contributed by atoms with Gasteiger partial charge in [-0.2, -0.15) is 4.31 Å². The van der Waals surface area contributed by atoms with Crippen molar-refractivity contribution >= 4 is 27.4 Å². The lowest BCUT2D eigenvalue weighted by molar-refractivity contribution is 0.0698. The number of piperazine rings is 1. The molecule has 1 amide bonds. The van der Waals surface area contributed by atoms with Gasteiger partial charge in [-0.3, -0.25) is 4.79 Å². The van der Waals surface area contributed by atoms with Crippen molar-refractivity contribution in [1.29, 1.82) is 0 Å². The fraction of sp³-hybridized carbons (Fsp3) is 0.217. The number of ether oxygens (including phenoxy) is 1. The lowest BCUT2D eigenvalue weighted by atomic mass is 10.2. The number of aromatic nitrogens is 1. The molecule has 0 unspecified atom stereocenters. The minimum atomic E-state index is -3.76. The Labute approximate surface area is 191 Å². The van der Waals surface area contributed by atoms with Crippen LogP contribution in [0, 0.1) is 5.82 Å². The van der Waals surface area contributed by atoms with Crippen LogP contribution in [0.25, 0.3) is 0 Å². The number of halogens is 1. The number of benzene rings is 2. The maximum Gasteiger partial charge on any atom is 0.257 e. The summed E-state index contributed by atoms with van der Waals surface area (Å²) in [5, 5.41) is 3.15. The number of hydrogen-bond donors (Lipinski definition) is 1. The standard InChI is InChI=1S/C23H23FN4O4S/c1-32-21-7-3-2-6-20(21)26-22-19(5-4-12-25-22)23(29)27-13-15-28(16-14-27)33(30,31)18-10-8-17(24)9-11-18/h2-12H,13-16H2,1H3,(H,25,26). The zero-order valence-corrected chi connectivity index (χ0v) is 18.8. The SMILES string of the molecule is COc1ccccc1Nc1ncccc1C(=O)N1CCN(S(=O)(=O)c2ccc(F)cc2)CC1. The van der Waals surface area contributed by atoms with Crippen LogP contribution in [0.3, 0.4) is 0 Å². The fourth-order valence-electron chi connectivity index (χ4n) is 3.61. The Kier molecular flexibility index (Phi) is 6.57. The van der Waals surface area contributed by atoms with Crippen LogP contribution in [-0.4, -0.2) is 61.8 Å². The van der Waals surface area contributed by atoms with Crippen LogP contribution in [0.5, 0.6) is 5.75 Å². The van der Waals surface area contributed by atoms with Gasteiger partial charge < -0.3 is 15.0 Å². The van der Waals surface area contributed by atoms with Gasteiger partial charge in [0.05, 0.1) is 23.3 Å². The Hall–Kier alpha value is -3.50. The molecule has 1 saturated heterocycles. The zero-order valence-electron chi connectivity index (χ0n) is 17.9. The molecule has 172 valence electrons. The van der Waals surface area contributed by atoms with Crippen LogP contribution >= 0.6 is 0 Å². The molecular weight excluding hydrogens is 447 g/mol. The Morgan fingerprint density at radius 2 is 1.70 bits per heavy atom. The van der Waals surface area contributed by atoms with Crippen molar-refractivity contribution in [2.75, 3.05) is 38.6 Å². The van der Waals surface area contributed by atoms with Gasteiger partial charge >= 0.3 is 0 Å². The van der Waals surface area contributed by atoms with E-state index in [2.05, 4.69) is 10.3 Å². The van der Waals surface area contributed by atoms with E-state index in [0.29, 0.717) is 22.8 Å². The fourth-order valence-corrected chi connectivity index (χ4v) is 5.03. The summed E-state index contributed by atoms with van der Waals surface area (Å²) in [4.78, 5) is 19.2. The van der Waals surface area contributed by atoms with Crippen molar-refractivity contribution in [2.24, 2.45) is 0 Å². The highest BCUT2D eigenvalue weighted by Crippen LogP contribution is 2.28. The average Bonchev–Trinajstić information content (AvgIpc) is 2.84. The summed E-state index contributed by atoms with van der Waals surface area (Å²) < 4.78 is 45.5. The molecule has 0 radical (unpaired) electrons. The van der Waals surface area contributed by atoms with Crippen LogP contribution in [0.4, 0.5) is 15.9 Å². The number of rotatable bonds is 6. The molecule has 0 spiro atoms. The molecule has 1 fully saturated rings. The van der Waals surface area contributed by atoms with Crippen molar-refractivity contribution in [3.63, 3.8) is 0 Å². The summed E-state index contributed by atoms with van der Waals surface area (Å²) in [6, 6.07) is 15.4. The molecule has 0 atom stereocenters. The minimum Gasteiger partial charge on any atom is -0.495 e. The predicted octanol–water partition coefficient (Wildman–Crippen LogP) is 3.12. The summed E-state index contributed by atoms with van der Waals surface area (Å²) in [5.74, 6) is 0.243. The molecular formula is C23H23FN4O4S. The second-order valence-corrected chi connectivity index (χ2v) is 9.31. The first-order chi connectivity index (χ1) is 15.9. The molecule has 10 heteroatoms. The largest absolute Gasteiger partial charge is 0.495 e. The molecule has 1 N–H and O–H groups in total. The third-order valence-electron chi connectivity index (χ3n) is 5.38. The lowest BCUT2D eigenvalue weighted by Crippen LogP contribution is -2.50. The molecule has 0 aliphatic carbocycles. The molecule has 0 saturated carbocycles. The van der Waals surface area contributed by atoms with E-state index in [1.54, 1.807) is 36.4 Å². The molecule has 1 aliphatic rings. The highest BCUT2D eigenvalue weighted by Gasteiger charge is 2.31. The molecule has 1 aromatic heterocycles. The number of carbonyl (C=O) groups is 1. The van der Waals surface area contributed by atoms with Gasteiger partial charge in [0.15, 0.2) is 0 Å². The Balaban J connectivity index is 1.48. The first-order valence-electron chi connectivity index (χ1n) is 10.3. The van der Waals surface area contributed by atoms with Crippen LogP contribution in [0.2, 0.25) is 0 Å². The van der Waals surface area contributed by atoms with E-state index in [4.69, 9.17) is 4.74 Å². The summed E-state index contributed by atoms with van der Waals surface area (Å²) in [7, 11) is -2.20. The monoisotopic (exact) mass is 470 g/mol. The smallest absolute Gasteiger partial charge is 0.257 e. The van der Waals surface area contributed by atoms with Crippen LogP contribution in [0.1, 0.15) is 10.4 Å². The number of pyridine rings is 1. The maximum atomic E-state index is 13.2. The molecule has 3 aromatic rings. The van der Waals surface area contributed by atoms with E-state index in [1.165, 1.54) is 16.4 Å². The van der Waals surface area contributed by atoms with Crippen LogP contribution in [0.15, 0.2) is 71.8 Å². The summed E-state index contributed by atoms with van der Waals surface area (Å²) >= 11 is 0. The van der Waals surface area contributed by atoms with Gasteiger partial charge in [0.1, 0.15) is 17.4 Å². The Morgan fingerprint density at radius 1 is 1.00 bits per heavy atom. The molecule has 0 bridgehead atoms. The number of sulfonamides is 1. The first-order valence-corrected chi connectivity index (χ1v) is 11.7. The van der Waals surface area contributed by atoms with E-state index < -0.39 is 15.8 Å². The van der Waals surface area contributed by atoms with Crippen LogP contribution in [-0.2, 0) is 10.0 Å². The van der Waals surface area contributed by atoms with E-state index in [9.17, 15) is 17.6 Å². The number of carbonyl (C=O) groups excluding carboxylic acids is 1.